The summed E-state index contributed by atoms with van der Waals surface area (Å²) in [6, 6.07) is 15.2. The Balaban J connectivity index is 1.65. The molecule has 0 aliphatic carbocycles. The summed E-state index contributed by atoms with van der Waals surface area (Å²) >= 11 is 13.9. The molecule has 26 heavy (non-hydrogen) atoms. The van der Waals surface area contributed by atoms with Crippen LogP contribution < -0.4 is 5.32 Å². The standard InChI is InChI=1S/C20H17Cl2NO2S/c1-13-15(21)7-8-17(20(13)22)23-16-9-10-26-18(16)11-19(24)25-12-14-5-3-2-4-6-14/h2-10,23H,11-12H2,1H3. The van der Waals surface area contributed by atoms with Gasteiger partial charge >= 0.3 is 5.97 Å². The molecule has 1 N–H and O–H groups in total. The van der Waals surface area contributed by atoms with Crippen molar-refractivity contribution in [3.8, 4) is 0 Å². The molecule has 3 aromatic rings. The fraction of sp³-hybridized carbons (Fsp3) is 0.150. The second-order valence-electron chi connectivity index (χ2n) is 5.74. The number of anilines is 2. The van der Waals surface area contributed by atoms with Gasteiger partial charge in [-0.3, -0.25) is 4.79 Å². The highest BCUT2D eigenvalue weighted by Gasteiger charge is 2.13. The Labute approximate surface area is 166 Å². The summed E-state index contributed by atoms with van der Waals surface area (Å²) in [6.45, 7) is 2.14. The first-order valence-corrected chi connectivity index (χ1v) is 9.65. The fourth-order valence-electron chi connectivity index (χ4n) is 2.41. The zero-order chi connectivity index (χ0) is 18.5. The van der Waals surface area contributed by atoms with Crippen LogP contribution in [-0.4, -0.2) is 5.97 Å². The molecular weight excluding hydrogens is 389 g/mol. The number of esters is 1. The van der Waals surface area contributed by atoms with Gasteiger partial charge in [-0.15, -0.1) is 11.3 Å². The summed E-state index contributed by atoms with van der Waals surface area (Å²) in [5.74, 6) is -0.266. The Kier molecular flexibility index (Phi) is 6.20. The van der Waals surface area contributed by atoms with Gasteiger partial charge in [-0.1, -0.05) is 53.5 Å². The lowest BCUT2D eigenvalue weighted by Gasteiger charge is -2.12. The molecule has 1 heterocycles. The minimum absolute atomic E-state index is 0.205. The van der Waals surface area contributed by atoms with Gasteiger partial charge in [0.2, 0.25) is 0 Å². The Morgan fingerprint density at radius 3 is 2.62 bits per heavy atom. The van der Waals surface area contributed by atoms with E-state index in [2.05, 4.69) is 5.32 Å². The Hall–Kier alpha value is -2.01. The highest BCUT2D eigenvalue weighted by molar-refractivity contribution is 7.10. The minimum atomic E-state index is -0.266. The van der Waals surface area contributed by atoms with Crippen LogP contribution in [0.25, 0.3) is 0 Å². The van der Waals surface area contributed by atoms with Crippen molar-refractivity contribution in [2.75, 3.05) is 5.32 Å². The van der Waals surface area contributed by atoms with Crippen molar-refractivity contribution >= 4 is 51.9 Å². The quantitative estimate of drug-likeness (QED) is 0.482. The second-order valence-corrected chi connectivity index (χ2v) is 7.53. The van der Waals surface area contributed by atoms with E-state index in [-0.39, 0.29) is 19.0 Å². The zero-order valence-electron chi connectivity index (χ0n) is 14.1. The average molecular weight is 406 g/mol. The van der Waals surface area contributed by atoms with Crippen molar-refractivity contribution in [2.24, 2.45) is 0 Å². The summed E-state index contributed by atoms with van der Waals surface area (Å²) in [7, 11) is 0. The number of rotatable bonds is 6. The van der Waals surface area contributed by atoms with Gasteiger partial charge < -0.3 is 10.1 Å². The number of hydrogen-bond acceptors (Lipinski definition) is 4. The van der Waals surface area contributed by atoms with Crippen LogP contribution in [0.3, 0.4) is 0 Å². The highest BCUT2D eigenvalue weighted by Crippen LogP contribution is 2.34. The molecule has 0 radical (unpaired) electrons. The van der Waals surface area contributed by atoms with E-state index in [9.17, 15) is 4.79 Å². The third-order valence-corrected chi connectivity index (χ3v) is 5.70. The number of thiophene rings is 1. The number of nitrogens with one attached hydrogen (secondary N) is 1. The summed E-state index contributed by atoms with van der Waals surface area (Å²) in [5.41, 5.74) is 3.38. The van der Waals surface area contributed by atoms with Gasteiger partial charge in [0.25, 0.3) is 0 Å². The Morgan fingerprint density at radius 2 is 1.85 bits per heavy atom. The maximum absolute atomic E-state index is 12.2. The van der Waals surface area contributed by atoms with Crippen LogP contribution in [0.4, 0.5) is 11.4 Å². The average Bonchev–Trinajstić information content (AvgIpc) is 3.08. The molecule has 3 nitrogen and oxygen atoms in total. The van der Waals surface area contributed by atoms with Crippen molar-refractivity contribution in [2.45, 2.75) is 20.0 Å². The largest absolute Gasteiger partial charge is 0.461 e. The van der Waals surface area contributed by atoms with Crippen LogP contribution in [-0.2, 0) is 22.6 Å². The SMILES string of the molecule is Cc1c(Cl)ccc(Nc2ccsc2CC(=O)OCc2ccccc2)c1Cl. The van der Waals surface area contributed by atoms with E-state index in [1.807, 2.05) is 54.8 Å². The second kappa shape index (κ2) is 8.58. The zero-order valence-corrected chi connectivity index (χ0v) is 16.4. The molecule has 6 heteroatoms. The van der Waals surface area contributed by atoms with E-state index >= 15 is 0 Å². The van der Waals surface area contributed by atoms with E-state index in [4.69, 9.17) is 27.9 Å². The first-order valence-electron chi connectivity index (χ1n) is 8.02. The number of halogens is 2. The minimum Gasteiger partial charge on any atom is -0.461 e. The van der Waals surface area contributed by atoms with Crippen molar-refractivity contribution < 1.29 is 9.53 Å². The van der Waals surface area contributed by atoms with Crippen LogP contribution in [0, 0.1) is 6.92 Å². The summed E-state index contributed by atoms with van der Waals surface area (Å²) in [6.07, 6.45) is 0.205. The van der Waals surface area contributed by atoms with E-state index in [0.717, 1.165) is 27.4 Å². The number of ether oxygens (including phenoxy) is 1. The monoisotopic (exact) mass is 405 g/mol. The molecule has 0 aliphatic rings. The molecule has 1 aromatic heterocycles. The van der Waals surface area contributed by atoms with Crippen LogP contribution >= 0.6 is 34.5 Å². The molecule has 2 aromatic carbocycles. The van der Waals surface area contributed by atoms with Gasteiger partial charge in [-0.05, 0) is 41.6 Å². The summed E-state index contributed by atoms with van der Waals surface area (Å²) in [4.78, 5) is 13.1. The third kappa shape index (κ3) is 4.58. The summed E-state index contributed by atoms with van der Waals surface area (Å²) in [5, 5.41) is 6.40. The lowest BCUT2D eigenvalue weighted by molar-refractivity contribution is -0.144. The molecule has 0 unspecified atom stereocenters. The molecule has 134 valence electrons. The van der Waals surface area contributed by atoms with Gasteiger partial charge in [0, 0.05) is 9.90 Å². The summed E-state index contributed by atoms with van der Waals surface area (Å²) < 4.78 is 5.36. The molecule has 0 aliphatic heterocycles. The van der Waals surface area contributed by atoms with Gasteiger partial charge in [-0.25, -0.2) is 0 Å². The van der Waals surface area contributed by atoms with Crippen LogP contribution in [0.2, 0.25) is 10.0 Å². The van der Waals surface area contributed by atoms with E-state index in [1.165, 1.54) is 11.3 Å². The third-order valence-electron chi connectivity index (χ3n) is 3.88. The lowest BCUT2D eigenvalue weighted by atomic mass is 10.2. The maximum Gasteiger partial charge on any atom is 0.311 e. The van der Waals surface area contributed by atoms with Crippen molar-refractivity contribution in [3.63, 3.8) is 0 Å². The first kappa shape index (κ1) is 18.8. The first-order chi connectivity index (χ1) is 12.5. The van der Waals surface area contributed by atoms with Gasteiger partial charge in [0.15, 0.2) is 0 Å². The van der Waals surface area contributed by atoms with E-state index < -0.39 is 0 Å². The number of benzene rings is 2. The smallest absolute Gasteiger partial charge is 0.311 e. The van der Waals surface area contributed by atoms with Crippen molar-refractivity contribution in [1.82, 2.24) is 0 Å². The number of hydrogen-bond donors (Lipinski definition) is 1. The van der Waals surface area contributed by atoms with Crippen LogP contribution in [0.15, 0.2) is 53.9 Å². The predicted octanol–water partition coefficient (Wildman–Crippen LogP) is 6.39. The topological polar surface area (TPSA) is 38.3 Å². The van der Waals surface area contributed by atoms with E-state index in [0.29, 0.717) is 10.0 Å². The lowest BCUT2D eigenvalue weighted by Crippen LogP contribution is -2.08. The Morgan fingerprint density at radius 1 is 1.08 bits per heavy atom. The van der Waals surface area contributed by atoms with Gasteiger partial charge in [0.1, 0.15) is 6.61 Å². The normalized spacial score (nSPS) is 10.6. The molecule has 0 atom stereocenters. The highest BCUT2D eigenvalue weighted by atomic mass is 35.5. The number of carbonyl (C=O) groups is 1. The molecule has 0 fully saturated rings. The molecule has 0 amide bonds. The van der Waals surface area contributed by atoms with Crippen molar-refractivity contribution in [3.05, 3.63) is 80.0 Å². The van der Waals surface area contributed by atoms with Crippen LogP contribution in [0.1, 0.15) is 16.0 Å². The molecular formula is C20H17Cl2NO2S. The maximum atomic E-state index is 12.2. The number of carbonyl (C=O) groups excluding carboxylic acids is 1. The predicted molar refractivity (Wildman–Crippen MR) is 109 cm³/mol. The Bertz CT molecular complexity index is 909. The van der Waals surface area contributed by atoms with Gasteiger partial charge in [-0.2, -0.15) is 0 Å². The molecule has 0 bridgehead atoms. The molecule has 3 rings (SSSR count). The van der Waals surface area contributed by atoms with E-state index in [1.54, 1.807) is 6.07 Å². The van der Waals surface area contributed by atoms with Crippen molar-refractivity contribution in [1.29, 1.82) is 0 Å². The molecule has 0 spiro atoms. The fourth-order valence-corrected chi connectivity index (χ4v) is 3.65. The molecule has 0 saturated carbocycles. The van der Waals surface area contributed by atoms with Crippen LogP contribution in [0.5, 0.6) is 0 Å². The molecule has 0 saturated heterocycles. The van der Waals surface area contributed by atoms with Gasteiger partial charge in [0.05, 0.1) is 22.8 Å².